The maximum atomic E-state index is 12.6. The van der Waals surface area contributed by atoms with Crippen LogP contribution in [0.5, 0.6) is 0 Å². The molecule has 1 fully saturated rings. The molecule has 0 aliphatic carbocycles. The smallest absolute Gasteiger partial charge is 0.416 e. The first-order valence-corrected chi connectivity index (χ1v) is 8.95. The van der Waals surface area contributed by atoms with Crippen molar-refractivity contribution >= 4 is 17.8 Å². The van der Waals surface area contributed by atoms with E-state index in [1.165, 1.54) is 24.1 Å². The van der Waals surface area contributed by atoms with E-state index < -0.39 is 17.7 Å². The zero-order valence-electron chi connectivity index (χ0n) is 15.7. The summed E-state index contributed by atoms with van der Waals surface area (Å²) in [4.78, 5) is 37.5. The molecule has 0 radical (unpaired) electrons. The summed E-state index contributed by atoms with van der Waals surface area (Å²) in [5, 5.41) is 2.76. The summed E-state index contributed by atoms with van der Waals surface area (Å²) < 4.78 is 42.4. The zero-order chi connectivity index (χ0) is 20.9. The molecule has 1 heterocycles. The van der Waals surface area contributed by atoms with Crippen molar-refractivity contribution in [1.29, 1.82) is 0 Å². The van der Waals surface area contributed by atoms with E-state index in [0.29, 0.717) is 25.9 Å². The molecule has 1 aliphatic rings. The number of likely N-dealkylation sites (tertiary alicyclic amines) is 1. The number of carbonyl (C=O) groups excluding carboxylic acids is 3. The van der Waals surface area contributed by atoms with E-state index in [9.17, 15) is 27.6 Å². The number of ether oxygens (including phenoxy) is 1. The van der Waals surface area contributed by atoms with Gasteiger partial charge in [-0.05, 0) is 44.0 Å². The van der Waals surface area contributed by atoms with Gasteiger partial charge in [-0.2, -0.15) is 13.2 Å². The number of rotatable bonds is 5. The van der Waals surface area contributed by atoms with Gasteiger partial charge in [0.05, 0.1) is 19.1 Å². The average molecular weight is 400 g/mol. The summed E-state index contributed by atoms with van der Waals surface area (Å²) in [6, 6.07) is 3.75. The van der Waals surface area contributed by atoms with E-state index >= 15 is 0 Å². The number of piperidine rings is 1. The van der Waals surface area contributed by atoms with E-state index in [-0.39, 0.29) is 35.8 Å². The Morgan fingerprint density at radius 3 is 2.25 bits per heavy atom. The minimum absolute atomic E-state index is 0.0769. The monoisotopic (exact) mass is 400 g/mol. The van der Waals surface area contributed by atoms with Gasteiger partial charge in [0.2, 0.25) is 5.91 Å². The molecule has 0 aromatic heterocycles. The van der Waals surface area contributed by atoms with Crippen LogP contribution in [0.4, 0.5) is 13.2 Å². The second-order valence-corrected chi connectivity index (χ2v) is 6.83. The van der Waals surface area contributed by atoms with Crippen LogP contribution in [-0.2, 0) is 20.5 Å². The van der Waals surface area contributed by atoms with E-state index in [1.807, 2.05) is 0 Å². The molecule has 154 valence electrons. The van der Waals surface area contributed by atoms with Gasteiger partial charge in [-0.3, -0.25) is 14.4 Å². The van der Waals surface area contributed by atoms with Gasteiger partial charge in [0.15, 0.2) is 0 Å². The van der Waals surface area contributed by atoms with Gasteiger partial charge < -0.3 is 15.0 Å². The molecule has 1 atom stereocenters. The summed E-state index contributed by atoms with van der Waals surface area (Å²) in [6.07, 6.45) is -3.47. The van der Waals surface area contributed by atoms with Crippen LogP contribution in [0.25, 0.3) is 0 Å². The fraction of sp³-hybridized carbons (Fsp3) is 0.526. The van der Waals surface area contributed by atoms with Crippen LogP contribution in [0.2, 0.25) is 0 Å². The van der Waals surface area contributed by atoms with Crippen LogP contribution in [0.3, 0.4) is 0 Å². The Labute approximate surface area is 161 Å². The molecule has 2 rings (SSSR count). The molecule has 0 spiro atoms. The minimum Gasteiger partial charge on any atom is -0.469 e. The van der Waals surface area contributed by atoms with Crippen LogP contribution in [0.15, 0.2) is 24.3 Å². The fourth-order valence-corrected chi connectivity index (χ4v) is 3.07. The lowest BCUT2D eigenvalue weighted by Gasteiger charge is -2.32. The number of nitrogens with one attached hydrogen (secondary N) is 1. The first-order valence-electron chi connectivity index (χ1n) is 8.95. The first kappa shape index (κ1) is 21.7. The Morgan fingerprint density at radius 1 is 1.18 bits per heavy atom. The molecule has 0 bridgehead atoms. The largest absolute Gasteiger partial charge is 0.469 e. The molecule has 1 N–H and O–H groups in total. The number of nitrogens with zero attached hydrogens (tertiary/aromatic N) is 1. The van der Waals surface area contributed by atoms with Gasteiger partial charge in [0.1, 0.15) is 0 Å². The van der Waals surface area contributed by atoms with Crippen molar-refractivity contribution in [1.82, 2.24) is 10.2 Å². The second kappa shape index (κ2) is 9.07. The van der Waals surface area contributed by atoms with Crippen molar-refractivity contribution in [2.45, 2.75) is 38.4 Å². The summed E-state index contributed by atoms with van der Waals surface area (Å²) in [7, 11) is 1.28. The predicted molar refractivity (Wildman–Crippen MR) is 94.3 cm³/mol. The van der Waals surface area contributed by atoms with E-state index in [4.69, 9.17) is 0 Å². The lowest BCUT2D eigenvalue weighted by molar-refractivity contribution is -0.141. The quantitative estimate of drug-likeness (QED) is 0.771. The Bertz CT molecular complexity index is 711. The van der Waals surface area contributed by atoms with Crippen molar-refractivity contribution in [3.05, 3.63) is 35.4 Å². The Balaban J connectivity index is 1.86. The van der Waals surface area contributed by atoms with Crippen LogP contribution < -0.4 is 5.32 Å². The Kier molecular flexibility index (Phi) is 7.04. The molecule has 9 heteroatoms. The van der Waals surface area contributed by atoms with E-state index in [0.717, 1.165) is 12.1 Å². The summed E-state index contributed by atoms with van der Waals surface area (Å²) in [5.41, 5.74) is -0.622. The second-order valence-electron chi connectivity index (χ2n) is 6.83. The number of hydrogen-bond acceptors (Lipinski definition) is 4. The van der Waals surface area contributed by atoms with Crippen LogP contribution in [-0.4, -0.2) is 48.9 Å². The third-order valence-electron chi connectivity index (χ3n) is 4.70. The van der Waals surface area contributed by atoms with Crippen molar-refractivity contribution in [3.8, 4) is 0 Å². The molecule has 1 aliphatic heterocycles. The molecule has 1 aromatic rings. The molecule has 1 saturated heterocycles. The summed E-state index contributed by atoms with van der Waals surface area (Å²) in [5.74, 6) is -1.23. The van der Waals surface area contributed by atoms with Gasteiger partial charge in [0, 0.05) is 30.6 Å². The molecule has 6 nitrogen and oxygen atoms in total. The van der Waals surface area contributed by atoms with Crippen LogP contribution in [0.1, 0.15) is 42.1 Å². The minimum atomic E-state index is -4.45. The highest BCUT2D eigenvalue weighted by Gasteiger charge is 2.31. The third-order valence-corrected chi connectivity index (χ3v) is 4.70. The van der Waals surface area contributed by atoms with Gasteiger partial charge in [-0.15, -0.1) is 0 Å². The van der Waals surface area contributed by atoms with Crippen molar-refractivity contribution in [2.24, 2.45) is 5.92 Å². The normalized spacial score (nSPS) is 16.4. The number of hydrogen-bond donors (Lipinski definition) is 1. The van der Waals surface area contributed by atoms with Gasteiger partial charge >= 0.3 is 12.1 Å². The fourth-order valence-electron chi connectivity index (χ4n) is 3.07. The van der Waals surface area contributed by atoms with E-state index in [2.05, 4.69) is 10.1 Å². The highest BCUT2D eigenvalue weighted by molar-refractivity contribution is 5.94. The Morgan fingerprint density at radius 2 is 1.75 bits per heavy atom. The highest BCUT2D eigenvalue weighted by Crippen LogP contribution is 2.29. The zero-order valence-corrected chi connectivity index (χ0v) is 15.7. The van der Waals surface area contributed by atoms with Gasteiger partial charge in [-0.25, -0.2) is 0 Å². The summed E-state index contributed by atoms with van der Waals surface area (Å²) in [6.45, 7) is 2.38. The lowest BCUT2D eigenvalue weighted by atomic mass is 9.95. The maximum Gasteiger partial charge on any atom is 0.416 e. The van der Waals surface area contributed by atoms with Crippen molar-refractivity contribution in [3.63, 3.8) is 0 Å². The van der Waals surface area contributed by atoms with Gasteiger partial charge in [-0.1, -0.05) is 0 Å². The molecule has 0 saturated carbocycles. The topological polar surface area (TPSA) is 75.7 Å². The molecule has 28 heavy (non-hydrogen) atoms. The van der Waals surface area contributed by atoms with Gasteiger partial charge in [0.25, 0.3) is 5.91 Å². The number of amides is 2. The lowest BCUT2D eigenvalue weighted by Crippen LogP contribution is -2.45. The molecular weight excluding hydrogens is 377 g/mol. The van der Waals surface area contributed by atoms with Crippen LogP contribution in [0, 0.1) is 5.92 Å². The van der Waals surface area contributed by atoms with Crippen LogP contribution >= 0.6 is 0 Å². The maximum absolute atomic E-state index is 12.6. The van der Waals surface area contributed by atoms with Crippen molar-refractivity contribution < 1.29 is 32.3 Å². The number of methoxy groups -OCH3 is 1. The number of esters is 1. The summed E-state index contributed by atoms with van der Waals surface area (Å²) >= 11 is 0. The number of halogens is 3. The predicted octanol–water partition coefficient (Wildman–Crippen LogP) is 2.63. The van der Waals surface area contributed by atoms with Crippen molar-refractivity contribution in [2.75, 3.05) is 20.2 Å². The third kappa shape index (κ3) is 5.71. The standard InChI is InChI=1S/C19H23F3N2O4/c1-12(11-16(25)28-2)23-17(26)13-7-9-24(10-8-13)18(27)14-3-5-15(6-4-14)19(20,21)22/h3-6,12-13H,7-11H2,1-2H3,(H,23,26). The number of benzene rings is 1. The number of alkyl halides is 3. The van der Waals surface area contributed by atoms with E-state index in [1.54, 1.807) is 6.92 Å². The number of carbonyl (C=O) groups is 3. The Hall–Kier alpha value is -2.58. The SMILES string of the molecule is COC(=O)CC(C)NC(=O)C1CCN(C(=O)c2ccc(C(F)(F)F)cc2)CC1. The first-order chi connectivity index (χ1) is 13.1. The average Bonchev–Trinajstić information content (AvgIpc) is 2.66. The molecule has 2 amide bonds. The highest BCUT2D eigenvalue weighted by atomic mass is 19.4. The molecular formula is C19H23F3N2O4. The molecule has 1 aromatic carbocycles. The molecule has 1 unspecified atom stereocenters.